The Labute approximate surface area is 130 Å². The molecule has 1 N–H and O–H groups in total. The van der Waals surface area contributed by atoms with Crippen molar-refractivity contribution in [1.29, 1.82) is 0 Å². The first-order valence-corrected chi connectivity index (χ1v) is 7.42. The second-order valence-corrected chi connectivity index (χ2v) is 5.61. The maximum Gasteiger partial charge on any atom is 0.126 e. The molecule has 2 aromatic carbocycles. The first-order chi connectivity index (χ1) is 9.99. The van der Waals surface area contributed by atoms with Crippen LogP contribution in [0.5, 0.6) is 0 Å². The van der Waals surface area contributed by atoms with Gasteiger partial charge < -0.3 is 5.32 Å². The second kappa shape index (κ2) is 7.09. The molecule has 0 aliphatic rings. The Morgan fingerprint density at radius 2 is 1.67 bits per heavy atom. The van der Waals surface area contributed by atoms with E-state index in [0.717, 1.165) is 16.1 Å². The molecule has 0 heterocycles. The van der Waals surface area contributed by atoms with Crippen LogP contribution in [0, 0.1) is 17.5 Å². The van der Waals surface area contributed by atoms with Gasteiger partial charge in [-0.05, 0) is 54.4 Å². The van der Waals surface area contributed by atoms with E-state index in [1.807, 2.05) is 6.92 Å². The minimum absolute atomic E-state index is 0.293. The molecule has 21 heavy (non-hydrogen) atoms. The molecule has 1 nitrogen and oxygen atoms in total. The summed E-state index contributed by atoms with van der Waals surface area (Å²) in [4.78, 5) is 0. The van der Waals surface area contributed by atoms with Crippen LogP contribution in [0.25, 0.3) is 0 Å². The molecule has 0 saturated carbocycles. The van der Waals surface area contributed by atoms with E-state index < -0.39 is 11.6 Å². The van der Waals surface area contributed by atoms with E-state index in [2.05, 4.69) is 21.2 Å². The molecule has 0 aromatic heterocycles. The molecule has 112 valence electrons. The second-order valence-electron chi connectivity index (χ2n) is 4.75. The van der Waals surface area contributed by atoms with Gasteiger partial charge in [0.1, 0.15) is 17.5 Å². The van der Waals surface area contributed by atoms with Crippen LogP contribution in [0.2, 0.25) is 0 Å². The Balaban J connectivity index is 2.32. The van der Waals surface area contributed by atoms with Crippen LogP contribution < -0.4 is 5.32 Å². The zero-order chi connectivity index (χ0) is 15.4. The molecule has 1 unspecified atom stereocenters. The molecule has 0 spiro atoms. The topological polar surface area (TPSA) is 12.0 Å². The fourth-order valence-corrected chi connectivity index (χ4v) is 2.66. The highest BCUT2D eigenvalue weighted by Gasteiger charge is 2.15. The van der Waals surface area contributed by atoms with Gasteiger partial charge in [0, 0.05) is 16.6 Å². The predicted octanol–water partition coefficient (Wildman–Crippen LogP) is 4.76. The molecule has 0 radical (unpaired) electrons. The third-order valence-electron chi connectivity index (χ3n) is 3.17. The van der Waals surface area contributed by atoms with Crippen molar-refractivity contribution in [2.75, 3.05) is 6.54 Å². The van der Waals surface area contributed by atoms with E-state index in [1.165, 1.54) is 24.3 Å². The summed E-state index contributed by atoms with van der Waals surface area (Å²) in [7, 11) is 0. The quantitative estimate of drug-likeness (QED) is 0.813. The SMILES string of the molecule is CCNC(Cc1cc(F)ccc1Br)c1cc(F)cc(F)c1. The highest BCUT2D eigenvalue weighted by Crippen LogP contribution is 2.25. The Morgan fingerprint density at radius 1 is 1.00 bits per heavy atom. The summed E-state index contributed by atoms with van der Waals surface area (Å²) in [5.41, 5.74) is 1.25. The van der Waals surface area contributed by atoms with Gasteiger partial charge in [-0.25, -0.2) is 13.2 Å². The lowest BCUT2D eigenvalue weighted by molar-refractivity contribution is 0.527. The lowest BCUT2D eigenvalue weighted by Crippen LogP contribution is -2.23. The maximum absolute atomic E-state index is 13.4. The zero-order valence-electron chi connectivity index (χ0n) is 11.5. The molecule has 5 heteroatoms. The van der Waals surface area contributed by atoms with E-state index in [9.17, 15) is 13.2 Å². The van der Waals surface area contributed by atoms with E-state index >= 15 is 0 Å². The lowest BCUT2D eigenvalue weighted by Gasteiger charge is -2.19. The molecular weight excluding hydrogens is 343 g/mol. The minimum atomic E-state index is -0.619. The molecule has 2 rings (SSSR count). The van der Waals surface area contributed by atoms with Gasteiger partial charge in [-0.1, -0.05) is 22.9 Å². The summed E-state index contributed by atoms with van der Waals surface area (Å²) in [5, 5.41) is 3.17. The highest BCUT2D eigenvalue weighted by atomic mass is 79.9. The number of hydrogen-bond acceptors (Lipinski definition) is 1. The average Bonchev–Trinajstić information content (AvgIpc) is 2.41. The molecule has 2 aromatic rings. The average molecular weight is 358 g/mol. The van der Waals surface area contributed by atoms with Crippen molar-refractivity contribution in [2.24, 2.45) is 0 Å². The van der Waals surface area contributed by atoms with Crippen LogP contribution in [0.4, 0.5) is 13.2 Å². The Kier molecular flexibility index (Phi) is 5.42. The van der Waals surface area contributed by atoms with Gasteiger partial charge in [0.15, 0.2) is 0 Å². The van der Waals surface area contributed by atoms with Crippen molar-refractivity contribution in [1.82, 2.24) is 5.32 Å². The Morgan fingerprint density at radius 3 is 2.29 bits per heavy atom. The fraction of sp³-hybridized carbons (Fsp3) is 0.250. The Hall–Kier alpha value is -1.33. The van der Waals surface area contributed by atoms with Gasteiger partial charge in [-0.3, -0.25) is 0 Å². The van der Waals surface area contributed by atoms with Gasteiger partial charge in [0.25, 0.3) is 0 Å². The Bertz CT molecular complexity index is 611. The smallest absolute Gasteiger partial charge is 0.126 e. The monoisotopic (exact) mass is 357 g/mol. The molecule has 0 saturated heterocycles. The van der Waals surface area contributed by atoms with Gasteiger partial charge in [-0.15, -0.1) is 0 Å². The summed E-state index contributed by atoms with van der Waals surface area (Å²) < 4.78 is 40.9. The predicted molar refractivity (Wildman–Crippen MR) is 80.6 cm³/mol. The van der Waals surface area contributed by atoms with Gasteiger partial charge in [-0.2, -0.15) is 0 Å². The minimum Gasteiger partial charge on any atom is -0.310 e. The van der Waals surface area contributed by atoms with Crippen molar-refractivity contribution in [2.45, 2.75) is 19.4 Å². The summed E-state index contributed by atoms with van der Waals surface area (Å²) >= 11 is 3.37. The van der Waals surface area contributed by atoms with Crippen molar-refractivity contribution < 1.29 is 13.2 Å². The van der Waals surface area contributed by atoms with Crippen molar-refractivity contribution in [3.05, 3.63) is 69.4 Å². The number of benzene rings is 2. The van der Waals surface area contributed by atoms with Gasteiger partial charge in [0.2, 0.25) is 0 Å². The number of nitrogens with one attached hydrogen (secondary N) is 1. The third-order valence-corrected chi connectivity index (χ3v) is 3.94. The van der Waals surface area contributed by atoms with Crippen LogP contribution >= 0.6 is 15.9 Å². The van der Waals surface area contributed by atoms with E-state index in [1.54, 1.807) is 6.07 Å². The van der Waals surface area contributed by atoms with E-state index in [0.29, 0.717) is 18.5 Å². The first kappa shape index (κ1) is 16.0. The molecular formula is C16H15BrF3N. The lowest BCUT2D eigenvalue weighted by atomic mass is 9.98. The normalized spacial score (nSPS) is 12.4. The van der Waals surface area contributed by atoms with Crippen LogP contribution in [0.3, 0.4) is 0 Å². The summed E-state index contributed by atoms with van der Waals surface area (Å²) in [6.45, 7) is 2.54. The largest absolute Gasteiger partial charge is 0.310 e. The molecule has 1 atom stereocenters. The summed E-state index contributed by atoms with van der Waals surface area (Å²) in [6, 6.07) is 7.54. The van der Waals surface area contributed by atoms with Gasteiger partial charge >= 0.3 is 0 Å². The van der Waals surface area contributed by atoms with E-state index in [4.69, 9.17) is 0 Å². The number of hydrogen-bond donors (Lipinski definition) is 1. The van der Waals surface area contributed by atoms with Crippen LogP contribution in [0.1, 0.15) is 24.1 Å². The molecule has 0 aliphatic heterocycles. The maximum atomic E-state index is 13.4. The van der Waals surface area contributed by atoms with Gasteiger partial charge in [0.05, 0.1) is 0 Å². The molecule has 0 aliphatic carbocycles. The molecule has 0 bridgehead atoms. The third kappa shape index (κ3) is 4.32. The fourth-order valence-electron chi connectivity index (χ4n) is 2.25. The van der Waals surface area contributed by atoms with Crippen LogP contribution in [-0.2, 0) is 6.42 Å². The summed E-state index contributed by atoms with van der Waals surface area (Å²) in [6.07, 6.45) is 0.426. The number of halogens is 4. The van der Waals surface area contributed by atoms with Crippen molar-refractivity contribution in [3.8, 4) is 0 Å². The first-order valence-electron chi connectivity index (χ1n) is 6.63. The number of likely N-dealkylation sites (N-methyl/N-ethyl adjacent to an activating group) is 1. The summed E-state index contributed by atoms with van der Waals surface area (Å²) in [5.74, 6) is -1.58. The zero-order valence-corrected chi connectivity index (χ0v) is 13.1. The molecule has 0 fully saturated rings. The highest BCUT2D eigenvalue weighted by molar-refractivity contribution is 9.10. The van der Waals surface area contributed by atoms with E-state index in [-0.39, 0.29) is 11.9 Å². The van der Waals surface area contributed by atoms with Crippen molar-refractivity contribution >= 4 is 15.9 Å². The van der Waals surface area contributed by atoms with Crippen LogP contribution in [-0.4, -0.2) is 6.54 Å². The standard InChI is InChI=1S/C16H15BrF3N/c1-2-21-16(11-6-13(19)9-14(20)7-11)8-10-5-12(18)3-4-15(10)17/h3-7,9,16,21H,2,8H2,1H3. The van der Waals surface area contributed by atoms with Crippen molar-refractivity contribution in [3.63, 3.8) is 0 Å². The van der Waals surface area contributed by atoms with Crippen LogP contribution in [0.15, 0.2) is 40.9 Å². The number of rotatable bonds is 5. The molecule has 0 amide bonds.